The molecule has 2 heterocycles. The summed E-state index contributed by atoms with van der Waals surface area (Å²) in [6.45, 7) is 6.60. The predicted octanol–water partition coefficient (Wildman–Crippen LogP) is 5.63. The summed E-state index contributed by atoms with van der Waals surface area (Å²) in [4.78, 5) is 19.1. The van der Waals surface area contributed by atoms with Crippen LogP contribution in [0.15, 0.2) is 18.3 Å². The molecule has 1 amide bonds. The first-order chi connectivity index (χ1) is 12.3. The van der Waals surface area contributed by atoms with Crippen LogP contribution in [0.2, 0.25) is 5.02 Å². The molecular formula is C21H31ClN2O2. The summed E-state index contributed by atoms with van der Waals surface area (Å²) in [6.07, 6.45) is 10.8. The Balaban J connectivity index is 1.70. The maximum absolute atomic E-state index is 12.8. The molecule has 5 heteroatoms. The minimum Gasteiger partial charge on any atom is -0.444 e. The van der Waals surface area contributed by atoms with Gasteiger partial charge in [-0.25, -0.2) is 4.79 Å². The fraction of sp³-hybridized carbons (Fsp3) is 0.714. The number of piperidine rings is 1. The van der Waals surface area contributed by atoms with Crippen LogP contribution in [-0.4, -0.2) is 34.2 Å². The molecule has 1 aliphatic heterocycles. The van der Waals surface area contributed by atoms with Crippen molar-refractivity contribution in [3.63, 3.8) is 0 Å². The molecule has 1 saturated heterocycles. The molecular weight excluding hydrogens is 348 g/mol. The number of carbonyl (C=O) groups excluding carboxylic acids is 1. The van der Waals surface area contributed by atoms with Crippen molar-refractivity contribution >= 4 is 17.7 Å². The molecule has 2 aliphatic rings. The average molecular weight is 379 g/mol. The van der Waals surface area contributed by atoms with E-state index in [1.165, 1.54) is 25.7 Å². The van der Waals surface area contributed by atoms with Crippen LogP contribution >= 0.6 is 11.6 Å². The summed E-state index contributed by atoms with van der Waals surface area (Å²) in [7, 11) is 0. The topological polar surface area (TPSA) is 42.4 Å². The Morgan fingerprint density at radius 3 is 2.65 bits per heavy atom. The van der Waals surface area contributed by atoms with Crippen LogP contribution in [0.3, 0.4) is 0 Å². The number of amides is 1. The Bertz CT molecular complexity index is 618. The van der Waals surface area contributed by atoms with E-state index in [9.17, 15) is 4.79 Å². The van der Waals surface area contributed by atoms with E-state index in [-0.39, 0.29) is 12.1 Å². The molecule has 26 heavy (non-hydrogen) atoms. The Morgan fingerprint density at radius 1 is 1.31 bits per heavy atom. The highest BCUT2D eigenvalue weighted by molar-refractivity contribution is 6.30. The van der Waals surface area contributed by atoms with E-state index in [0.29, 0.717) is 10.4 Å². The van der Waals surface area contributed by atoms with Gasteiger partial charge in [0.05, 0.1) is 5.02 Å². The molecule has 0 N–H and O–H groups in total. The number of ether oxygens (including phenoxy) is 1. The maximum Gasteiger partial charge on any atom is 0.410 e. The van der Waals surface area contributed by atoms with Gasteiger partial charge in [-0.2, -0.15) is 0 Å². The number of rotatable bonds is 3. The zero-order valence-corrected chi connectivity index (χ0v) is 17.0. The summed E-state index contributed by atoms with van der Waals surface area (Å²) >= 11 is 5.94. The molecule has 1 atom stereocenters. The second kappa shape index (κ2) is 7.75. The van der Waals surface area contributed by atoms with Crippen molar-refractivity contribution in [3.8, 4) is 0 Å². The van der Waals surface area contributed by atoms with Gasteiger partial charge >= 0.3 is 6.09 Å². The number of hydrogen-bond donors (Lipinski definition) is 0. The van der Waals surface area contributed by atoms with Crippen molar-refractivity contribution in [1.29, 1.82) is 0 Å². The lowest BCUT2D eigenvalue weighted by Gasteiger charge is -2.45. The molecule has 1 aromatic heterocycles. The zero-order valence-electron chi connectivity index (χ0n) is 16.3. The van der Waals surface area contributed by atoms with Gasteiger partial charge in [0.15, 0.2) is 0 Å². The molecule has 1 aliphatic carbocycles. The summed E-state index contributed by atoms with van der Waals surface area (Å²) < 4.78 is 5.68. The van der Waals surface area contributed by atoms with Crippen LogP contribution in [0, 0.1) is 5.41 Å². The van der Waals surface area contributed by atoms with Crippen LogP contribution in [0.25, 0.3) is 0 Å². The first-order valence-electron chi connectivity index (χ1n) is 9.86. The van der Waals surface area contributed by atoms with Crippen molar-refractivity contribution in [3.05, 3.63) is 29.0 Å². The highest BCUT2D eigenvalue weighted by Crippen LogP contribution is 2.48. The Hall–Kier alpha value is -1.29. The Kier molecular flexibility index (Phi) is 5.81. The van der Waals surface area contributed by atoms with Crippen molar-refractivity contribution in [2.45, 2.75) is 83.8 Å². The van der Waals surface area contributed by atoms with Gasteiger partial charge in [0.1, 0.15) is 5.60 Å². The van der Waals surface area contributed by atoms with Gasteiger partial charge in [0.25, 0.3) is 0 Å². The molecule has 3 rings (SSSR count). The maximum atomic E-state index is 12.8. The van der Waals surface area contributed by atoms with Gasteiger partial charge in [0.2, 0.25) is 0 Å². The molecule has 4 nitrogen and oxygen atoms in total. The number of pyridine rings is 1. The van der Waals surface area contributed by atoms with Crippen LogP contribution in [0.4, 0.5) is 4.79 Å². The monoisotopic (exact) mass is 378 g/mol. The smallest absolute Gasteiger partial charge is 0.410 e. The van der Waals surface area contributed by atoms with Crippen molar-refractivity contribution in [2.24, 2.45) is 5.41 Å². The second-order valence-corrected chi connectivity index (χ2v) is 9.43. The van der Waals surface area contributed by atoms with Crippen molar-refractivity contribution < 1.29 is 9.53 Å². The normalized spacial score (nSPS) is 22.6. The fourth-order valence-corrected chi connectivity index (χ4v) is 4.63. The van der Waals surface area contributed by atoms with Gasteiger partial charge < -0.3 is 9.64 Å². The van der Waals surface area contributed by atoms with E-state index in [0.717, 1.165) is 37.9 Å². The summed E-state index contributed by atoms with van der Waals surface area (Å²) in [5.74, 6) is 0. The van der Waals surface area contributed by atoms with Gasteiger partial charge in [0, 0.05) is 24.5 Å². The van der Waals surface area contributed by atoms with Crippen LogP contribution < -0.4 is 0 Å². The van der Waals surface area contributed by atoms with Crippen LogP contribution in [0.5, 0.6) is 0 Å². The molecule has 0 bridgehead atoms. The van der Waals surface area contributed by atoms with E-state index < -0.39 is 5.60 Å². The first-order valence-corrected chi connectivity index (χ1v) is 10.2. The number of aromatic nitrogens is 1. The van der Waals surface area contributed by atoms with Crippen LogP contribution in [-0.2, 0) is 11.2 Å². The Labute approximate surface area is 162 Å². The third kappa shape index (κ3) is 4.91. The lowest BCUT2D eigenvalue weighted by molar-refractivity contribution is -0.00921. The zero-order chi connectivity index (χ0) is 18.8. The lowest BCUT2D eigenvalue weighted by Crippen LogP contribution is -2.50. The molecule has 1 unspecified atom stereocenters. The van der Waals surface area contributed by atoms with Gasteiger partial charge in [-0.3, -0.25) is 4.98 Å². The molecule has 1 aromatic rings. The number of hydrogen-bond acceptors (Lipinski definition) is 3. The largest absolute Gasteiger partial charge is 0.444 e. The van der Waals surface area contributed by atoms with Gasteiger partial charge in [-0.05, 0) is 76.8 Å². The minimum atomic E-state index is -0.456. The predicted molar refractivity (Wildman–Crippen MR) is 104 cm³/mol. The fourth-order valence-electron chi connectivity index (χ4n) is 4.52. The van der Waals surface area contributed by atoms with E-state index in [1.54, 1.807) is 6.20 Å². The number of aryl methyl sites for hydroxylation is 1. The number of nitrogens with zero attached hydrogens (tertiary/aromatic N) is 2. The van der Waals surface area contributed by atoms with Crippen LogP contribution in [0.1, 0.15) is 71.4 Å². The first kappa shape index (κ1) is 19.5. The molecule has 0 aromatic carbocycles. The summed E-state index contributed by atoms with van der Waals surface area (Å²) in [5.41, 5.74) is 1.02. The standard InChI is InChI=1S/C21H31ClN2O2/c1-20(2,3)26-19(25)24-13-12-21(10-4-5-11-21)14-18(24)9-8-17-7-6-16(22)15-23-17/h6-7,15,18H,4-5,8-14H2,1-3H3. The van der Waals surface area contributed by atoms with E-state index in [2.05, 4.69) is 4.98 Å². The Morgan fingerprint density at radius 2 is 2.04 bits per heavy atom. The van der Waals surface area contributed by atoms with E-state index >= 15 is 0 Å². The molecule has 144 valence electrons. The van der Waals surface area contributed by atoms with E-state index in [4.69, 9.17) is 16.3 Å². The van der Waals surface area contributed by atoms with Gasteiger partial charge in [-0.15, -0.1) is 0 Å². The molecule has 1 saturated carbocycles. The second-order valence-electron chi connectivity index (χ2n) is 9.00. The van der Waals surface area contributed by atoms with E-state index in [1.807, 2.05) is 37.8 Å². The molecule has 0 radical (unpaired) electrons. The average Bonchev–Trinajstić information content (AvgIpc) is 3.00. The number of likely N-dealkylation sites (tertiary alicyclic amines) is 1. The lowest BCUT2D eigenvalue weighted by atomic mass is 9.73. The summed E-state index contributed by atoms with van der Waals surface area (Å²) in [6, 6.07) is 4.09. The SMILES string of the molecule is CC(C)(C)OC(=O)N1CCC2(CCCC2)CC1CCc1ccc(Cl)cn1. The summed E-state index contributed by atoms with van der Waals surface area (Å²) in [5, 5.41) is 0.659. The highest BCUT2D eigenvalue weighted by atomic mass is 35.5. The van der Waals surface area contributed by atoms with Gasteiger partial charge in [-0.1, -0.05) is 24.4 Å². The minimum absolute atomic E-state index is 0.167. The molecule has 1 spiro atoms. The number of halogens is 1. The third-order valence-electron chi connectivity index (χ3n) is 5.81. The highest BCUT2D eigenvalue weighted by Gasteiger charge is 2.43. The van der Waals surface area contributed by atoms with Crippen molar-refractivity contribution in [1.82, 2.24) is 9.88 Å². The molecule has 2 fully saturated rings. The quantitative estimate of drug-likeness (QED) is 0.684. The third-order valence-corrected chi connectivity index (χ3v) is 6.03. The van der Waals surface area contributed by atoms with Crippen molar-refractivity contribution in [2.75, 3.05) is 6.54 Å². The number of carbonyl (C=O) groups is 1.